The summed E-state index contributed by atoms with van der Waals surface area (Å²) in [5.41, 5.74) is 2.16. The van der Waals surface area contributed by atoms with E-state index in [1.165, 1.54) is 6.92 Å². The Morgan fingerprint density at radius 1 is 1.09 bits per heavy atom. The van der Waals surface area contributed by atoms with Crippen LogP contribution in [0.5, 0.6) is 0 Å². The topological polar surface area (TPSA) is 79.4 Å². The largest absolute Gasteiger partial charge is 0.352 e. The first-order valence-corrected chi connectivity index (χ1v) is 11.4. The molecule has 1 saturated heterocycles. The molecule has 3 aromatic rings. The number of amides is 1. The molecule has 0 radical (unpaired) electrons. The molecule has 0 bridgehead atoms. The molecule has 1 N–H and O–H groups in total. The Morgan fingerprint density at radius 2 is 1.85 bits per heavy atom. The third kappa shape index (κ3) is 2.63. The standard InChI is InChI=1S/C27H20ClN3O3/c1-15(32)24-23(25(33)16-10-12-29-13-11-16)27(19-4-2-3-5-20(19)30-26(27)34)22-9-6-17-14-18(28)7-8-21(17)31(22)24/h2-14,22-24H,1H3,(H,30,34)/t22-,23-,24-,27-/m1/s1. The molecule has 1 spiro atoms. The smallest absolute Gasteiger partial charge is 0.238 e. The fourth-order valence-corrected chi connectivity index (χ4v) is 6.18. The number of nitrogens with one attached hydrogen (secondary N) is 1. The molecule has 34 heavy (non-hydrogen) atoms. The lowest BCUT2D eigenvalue weighted by Gasteiger charge is -2.37. The maximum atomic E-state index is 14.2. The number of pyridine rings is 1. The summed E-state index contributed by atoms with van der Waals surface area (Å²) in [5, 5.41) is 3.57. The van der Waals surface area contributed by atoms with Gasteiger partial charge in [0.25, 0.3) is 0 Å². The summed E-state index contributed by atoms with van der Waals surface area (Å²) < 4.78 is 0. The van der Waals surface area contributed by atoms with Crippen LogP contribution in [0.25, 0.3) is 6.08 Å². The van der Waals surface area contributed by atoms with E-state index in [0.717, 1.165) is 16.8 Å². The highest BCUT2D eigenvalue weighted by molar-refractivity contribution is 6.31. The first-order chi connectivity index (χ1) is 16.4. The molecular weight excluding hydrogens is 450 g/mol. The second kappa shape index (κ2) is 7.37. The van der Waals surface area contributed by atoms with Crippen LogP contribution in [0.1, 0.15) is 28.4 Å². The molecular formula is C27H20ClN3O3. The average Bonchev–Trinajstić information content (AvgIpc) is 3.32. The van der Waals surface area contributed by atoms with Gasteiger partial charge in [0, 0.05) is 34.4 Å². The van der Waals surface area contributed by atoms with E-state index in [4.69, 9.17) is 11.6 Å². The van der Waals surface area contributed by atoms with Crippen molar-refractivity contribution < 1.29 is 14.4 Å². The SMILES string of the molecule is CC(=O)[C@@H]1[C@H](C(=O)c2ccncc2)[C@]2(C(=O)Nc3ccccc32)[C@H]2C=Cc3cc(Cl)ccc3N12. The second-order valence-corrected chi connectivity index (χ2v) is 9.35. The van der Waals surface area contributed by atoms with Crippen molar-refractivity contribution in [2.45, 2.75) is 24.4 Å². The van der Waals surface area contributed by atoms with E-state index < -0.39 is 23.4 Å². The van der Waals surface area contributed by atoms with Crippen molar-refractivity contribution in [2.75, 3.05) is 10.2 Å². The molecule has 3 aliphatic rings. The predicted octanol–water partition coefficient (Wildman–Crippen LogP) is 4.30. The Hall–Kier alpha value is -3.77. The van der Waals surface area contributed by atoms with Gasteiger partial charge in [0.05, 0.1) is 18.0 Å². The molecule has 6 nitrogen and oxygen atoms in total. The quantitative estimate of drug-likeness (QED) is 0.579. The maximum absolute atomic E-state index is 14.2. The van der Waals surface area contributed by atoms with Crippen molar-refractivity contribution in [3.8, 4) is 0 Å². The van der Waals surface area contributed by atoms with Gasteiger partial charge < -0.3 is 10.2 Å². The zero-order chi connectivity index (χ0) is 23.6. The number of para-hydroxylation sites is 1. The van der Waals surface area contributed by atoms with Crippen molar-refractivity contribution in [3.05, 3.63) is 94.8 Å². The number of nitrogens with zero attached hydrogens (tertiary/aromatic N) is 2. The minimum absolute atomic E-state index is 0.178. The van der Waals surface area contributed by atoms with Gasteiger partial charge in [-0.05, 0) is 54.4 Å². The van der Waals surface area contributed by atoms with Crippen molar-refractivity contribution in [2.24, 2.45) is 5.92 Å². The van der Waals surface area contributed by atoms with Gasteiger partial charge in [-0.1, -0.05) is 42.0 Å². The van der Waals surface area contributed by atoms with Crippen LogP contribution in [-0.4, -0.2) is 34.5 Å². The summed E-state index contributed by atoms with van der Waals surface area (Å²) in [6.45, 7) is 1.49. The van der Waals surface area contributed by atoms with Crippen molar-refractivity contribution in [1.82, 2.24) is 4.98 Å². The Balaban J connectivity index is 1.67. The summed E-state index contributed by atoms with van der Waals surface area (Å²) in [6, 6.07) is 14.8. The lowest BCUT2D eigenvalue weighted by Crippen LogP contribution is -2.51. The normalized spacial score (nSPS) is 26.1. The van der Waals surface area contributed by atoms with Gasteiger partial charge in [-0.25, -0.2) is 0 Å². The Kier molecular flexibility index (Phi) is 4.51. The highest BCUT2D eigenvalue weighted by Gasteiger charge is 2.69. The van der Waals surface area contributed by atoms with Gasteiger partial charge >= 0.3 is 0 Å². The van der Waals surface area contributed by atoms with Crippen molar-refractivity contribution in [3.63, 3.8) is 0 Å². The summed E-state index contributed by atoms with van der Waals surface area (Å²) in [5.74, 6) is -1.65. The van der Waals surface area contributed by atoms with E-state index >= 15 is 0 Å². The fourth-order valence-electron chi connectivity index (χ4n) is 6.00. The number of halogens is 1. The Morgan fingerprint density at radius 3 is 2.62 bits per heavy atom. The Bertz CT molecular complexity index is 1400. The van der Waals surface area contributed by atoms with Crippen molar-refractivity contribution in [1.29, 1.82) is 0 Å². The molecule has 168 valence electrons. The lowest BCUT2D eigenvalue weighted by molar-refractivity contribution is -0.122. The number of carbonyl (C=O) groups is 3. The summed E-state index contributed by atoms with van der Waals surface area (Å²) >= 11 is 6.24. The van der Waals surface area contributed by atoms with E-state index in [-0.39, 0.29) is 17.5 Å². The molecule has 4 atom stereocenters. The van der Waals surface area contributed by atoms with Crippen molar-refractivity contribution >= 4 is 46.5 Å². The van der Waals surface area contributed by atoms with Crippen LogP contribution in [-0.2, 0) is 15.0 Å². The van der Waals surface area contributed by atoms with Crippen LogP contribution in [0, 0.1) is 5.92 Å². The van der Waals surface area contributed by atoms with Crippen LogP contribution in [0.15, 0.2) is 73.1 Å². The summed E-state index contributed by atoms with van der Waals surface area (Å²) in [7, 11) is 0. The monoisotopic (exact) mass is 469 g/mol. The van der Waals surface area contributed by atoms with E-state index in [1.54, 1.807) is 30.6 Å². The maximum Gasteiger partial charge on any atom is 0.238 e. The van der Waals surface area contributed by atoms with Crippen LogP contribution in [0.4, 0.5) is 11.4 Å². The van der Waals surface area contributed by atoms with E-state index in [0.29, 0.717) is 16.3 Å². The molecule has 6 rings (SSSR count). The molecule has 1 fully saturated rings. The van der Waals surface area contributed by atoms with E-state index in [1.807, 2.05) is 53.5 Å². The third-order valence-electron chi connectivity index (χ3n) is 7.26. The number of benzene rings is 2. The average molecular weight is 470 g/mol. The Labute approximate surface area is 201 Å². The molecule has 7 heteroatoms. The second-order valence-electron chi connectivity index (χ2n) is 8.92. The molecule has 0 unspecified atom stereocenters. The predicted molar refractivity (Wildman–Crippen MR) is 130 cm³/mol. The van der Waals surface area contributed by atoms with Gasteiger partial charge in [-0.2, -0.15) is 0 Å². The molecule has 0 saturated carbocycles. The molecule has 3 aliphatic heterocycles. The van der Waals surface area contributed by atoms with E-state index in [9.17, 15) is 14.4 Å². The first kappa shape index (κ1) is 20.8. The first-order valence-electron chi connectivity index (χ1n) is 11.1. The molecule has 2 aromatic carbocycles. The minimum atomic E-state index is -1.28. The van der Waals surface area contributed by atoms with Crippen LogP contribution in [0.2, 0.25) is 5.02 Å². The number of anilines is 2. The molecule has 1 aromatic heterocycles. The van der Waals surface area contributed by atoms with Crippen LogP contribution >= 0.6 is 11.6 Å². The molecule has 0 aliphatic carbocycles. The number of aromatic nitrogens is 1. The summed E-state index contributed by atoms with van der Waals surface area (Å²) in [6.07, 6.45) is 6.95. The molecule has 1 amide bonds. The number of hydrogen-bond acceptors (Lipinski definition) is 5. The van der Waals surface area contributed by atoms with Gasteiger partial charge in [-0.15, -0.1) is 0 Å². The highest BCUT2D eigenvalue weighted by atomic mass is 35.5. The number of Topliss-reactive ketones (excluding diaryl/α,β-unsaturated/α-hetero) is 2. The van der Waals surface area contributed by atoms with Crippen LogP contribution < -0.4 is 10.2 Å². The number of rotatable bonds is 3. The van der Waals surface area contributed by atoms with Gasteiger partial charge in [0.2, 0.25) is 5.91 Å². The highest BCUT2D eigenvalue weighted by Crippen LogP contribution is 2.57. The minimum Gasteiger partial charge on any atom is -0.352 e. The van der Waals surface area contributed by atoms with Gasteiger partial charge in [0.1, 0.15) is 5.41 Å². The zero-order valence-electron chi connectivity index (χ0n) is 18.2. The van der Waals surface area contributed by atoms with Gasteiger partial charge in [-0.3, -0.25) is 19.4 Å². The number of carbonyl (C=O) groups excluding carboxylic acids is 3. The van der Waals surface area contributed by atoms with Gasteiger partial charge in [0.15, 0.2) is 11.6 Å². The van der Waals surface area contributed by atoms with E-state index in [2.05, 4.69) is 10.3 Å². The zero-order valence-corrected chi connectivity index (χ0v) is 19.0. The molecule has 4 heterocycles. The number of fused-ring (bicyclic) bond motifs is 6. The van der Waals surface area contributed by atoms with Crippen LogP contribution in [0.3, 0.4) is 0 Å². The number of hydrogen-bond donors (Lipinski definition) is 1. The summed E-state index contributed by atoms with van der Waals surface area (Å²) in [4.78, 5) is 47.3. The fraction of sp³-hybridized carbons (Fsp3) is 0.185. The third-order valence-corrected chi connectivity index (χ3v) is 7.49. The number of ketones is 2. The lowest BCUT2D eigenvalue weighted by atomic mass is 9.64.